The quantitative estimate of drug-likeness (QED) is 0.661. The van der Waals surface area contributed by atoms with Gasteiger partial charge in [0.2, 0.25) is 0 Å². The number of nitro groups is 1. The van der Waals surface area contributed by atoms with Crippen LogP contribution < -0.4 is 10.2 Å². The van der Waals surface area contributed by atoms with Crippen molar-refractivity contribution in [1.29, 1.82) is 0 Å². The Morgan fingerprint density at radius 1 is 1.40 bits per heavy atom. The molecule has 1 saturated heterocycles. The van der Waals surface area contributed by atoms with Gasteiger partial charge < -0.3 is 10.2 Å². The van der Waals surface area contributed by atoms with E-state index in [1.54, 1.807) is 6.07 Å². The summed E-state index contributed by atoms with van der Waals surface area (Å²) < 4.78 is 0.752. The van der Waals surface area contributed by atoms with Crippen molar-refractivity contribution in [3.05, 3.63) is 32.8 Å². The number of rotatable bonds is 5. The van der Waals surface area contributed by atoms with Gasteiger partial charge in [-0.3, -0.25) is 10.1 Å². The third-order valence-electron chi connectivity index (χ3n) is 4.01. The first kappa shape index (κ1) is 13.8. The van der Waals surface area contributed by atoms with E-state index in [1.165, 1.54) is 6.42 Å². The Morgan fingerprint density at radius 3 is 2.80 bits per heavy atom. The average Bonchev–Trinajstić information content (AvgIpc) is 3.13. The molecule has 2 aliphatic rings. The molecule has 0 spiro atoms. The van der Waals surface area contributed by atoms with Gasteiger partial charge in [0, 0.05) is 29.2 Å². The van der Waals surface area contributed by atoms with Gasteiger partial charge in [0.15, 0.2) is 0 Å². The van der Waals surface area contributed by atoms with Crippen LogP contribution in [0.5, 0.6) is 0 Å². The van der Waals surface area contributed by atoms with Crippen LogP contribution in [0, 0.1) is 10.1 Å². The van der Waals surface area contributed by atoms with Gasteiger partial charge in [-0.05, 0) is 44.4 Å². The third-order valence-corrected chi connectivity index (χ3v) is 4.50. The topological polar surface area (TPSA) is 58.4 Å². The lowest BCUT2D eigenvalue weighted by molar-refractivity contribution is -0.384. The highest BCUT2D eigenvalue weighted by Gasteiger charge is 2.34. The number of anilines is 1. The first-order valence-electron chi connectivity index (χ1n) is 7.09. The Bertz CT molecular complexity index is 513. The fraction of sp³-hybridized carbons (Fsp3) is 0.571. The molecule has 0 radical (unpaired) electrons. The minimum Gasteiger partial charge on any atom is -0.361 e. The number of hydrogen-bond donors (Lipinski definition) is 1. The summed E-state index contributed by atoms with van der Waals surface area (Å²) in [5, 5.41) is 14.8. The van der Waals surface area contributed by atoms with Crippen LogP contribution in [0.15, 0.2) is 22.7 Å². The Kier molecular flexibility index (Phi) is 3.94. The largest absolute Gasteiger partial charge is 0.361 e. The van der Waals surface area contributed by atoms with Crippen molar-refractivity contribution in [2.24, 2.45) is 0 Å². The second-order valence-corrected chi connectivity index (χ2v) is 6.48. The Labute approximate surface area is 126 Å². The van der Waals surface area contributed by atoms with Crippen LogP contribution in [0.25, 0.3) is 0 Å². The highest BCUT2D eigenvalue weighted by Crippen LogP contribution is 2.38. The molecule has 1 aromatic carbocycles. The molecule has 1 heterocycles. The van der Waals surface area contributed by atoms with Gasteiger partial charge in [-0.15, -0.1) is 0 Å². The number of halogens is 1. The van der Waals surface area contributed by atoms with Crippen molar-refractivity contribution in [3.8, 4) is 0 Å². The van der Waals surface area contributed by atoms with Crippen LogP contribution >= 0.6 is 15.9 Å². The predicted molar refractivity (Wildman–Crippen MR) is 82.2 cm³/mol. The lowest BCUT2D eigenvalue weighted by Crippen LogP contribution is -2.39. The van der Waals surface area contributed by atoms with Crippen molar-refractivity contribution in [1.82, 2.24) is 5.32 Å². The summed E-state index contributed by atoms with van der Waals surface area (Å²) in [7, 11) is 0. The number of benzene rings is 1. The van der Waals surface area contributed by atoms with Gasteiger partial charge in [-0.2, -0.15) is 0 Å². The molecule has 0 bridgehead atoms. The maximum atomic E-state index is 11.3. The third kappa shape index (κ3) is 2.96. The van der Waals surface area contributed by atoms with E-state index in [2.05, 4.69) is 26.1 Å². The van der Waals surface area contributed by atoms with Crippen LogP contribution in [-0.2, 0) is 0 Å². The Hall–Kier alpha value is -1.14. The molecule has 5 nitrogen and oxygen atoms in total. The van der Waals surface area contributed by atoms with Crippen molar-refractivity contribution in [2.75, 3.05) is 18.0 Å². The molecule has 1 N–H and O–H groups in total. The predicted octanol–water partition coefficient (Wildman–Crippen LogP) is 3.08. The van der Waals surface area contributed by atoms with Crippen LogP contribution in [-0.4, -0.2) is 30.1 Å². The van der Waals surface area contributed by atoms with E-state index in [0.29, 0.717) is 12.1 Å². The molecule has 1 aromatic rings. The van der Waals surface area contributed by atoms with Crippen molar-refractivity contribution in [3.63, 3.8) is 0 Å². The fourth-order valence-corrected chi connectivity index (χ4v) is 3.22. The van der Waals surface area contributed by atoms with Gasteiger partial charge in [0.1, 0.15) is 5.69 Å². The van der Waals surface area contributed by atoms with Gasteiger partial charge in [-0.1, -0.05) is 15.9 Å². The summed E-state index contributed by atoms with van der Waals surface area (Å²) in [5.41, 5.74) is 0.957. The maximum Gasteiger partial charge on any atom is 0.293 e. The summed E-state index contributed by atoms with van der Waals surface area (Å²) in [6.07, 6.45) is 4.64. The molecule has 1 aliphatic heterocycles. The van der Waals surface area contributed by atoms with Crippen molar-refractivity contribution < 1.29 is 4.92 Å². The number of nitrogens with one attached hydrogen (secondary N) is 1. The lowest BCUT2D eigenvalue weighted by Gasteiger charge is -2.27. The minimum atomic E-state index is -0.280. The molecule has 0 amide bonds. The van der Waals surface area contributed by atoms with Gasteiger partial charge in [0.05, 0.1) is 4.92 Å². The normalized spacial score (nSPS) is 21.9. The Balaban J connectivity index is 1.88. The molecule has 3 rings (SSSR count). The Morgan fingerprint density at radius 2 is 2.20 bits per heavy atom. The van der Waals surface area contributed by atoms with E-state index in [-0.39, 0.29) is 10.6 Å². The van der Waals surface area contributed by atoms with Crippen LogP contribution in [0.2, 0.25) is 0 Å². The zero-order valence-corrected chi connectivity index (χ0v) is 12.8. The zero-order valence-electron chi connectivity index (χ0n) is 11.2. The fourth-order valence-electron chi connectivity index (χ4n) is 2.87. The average molecular weight is 340 g/mol. The van der Waals surface area contributed by atoms with Crippen molar-refractivity contribution >= 4 is 27.3 Å². The summed E-state index contributed by atoms with van der Waals surface area (Å²) in [4.78, 5) is 13.3. The standard InChI is InChI=1S/C14H18BrN3O2/c15-10-3-6-13(14(8-10)18(19)20)17(12-4-5-12)9-11-2-1-7-16-11/h3,6,8,11-12,16H,1-2,4-5,7,9H2. The molecule has 108 valence electrons. The molecule has 1 aliphatic carbocycles. The van der Waals surface area contributed by atoms with E-state index >= 15 is 0 Å². The number of nitro benzene ring substituents is 1. The highest BCUT2D eigenvalue weighted by atomic mass is 79.9. The molecule has 0 aromatic heterocycles. The zero-order chi connectivity index (χ0) is 14.1. The minimum absolute atomic E-state index is 0.198. The molecule has 1 saturated carbocycles. The number of nitrogens with zero attached hydrogens (tertiary/aromatic N) is 2. The van der Waals surface area contributed by atoms with Gasteiger partial charge >= 0.3 is 0 Å². The summed E-state index contributed by atoms with van der Waals surface area (Å²) >= 11 is 3.32. The monoisotopic (exact) mass is 339 g/mol. The maximum absolute atomic E-state index is 11.3. The molecular formula is C14H18BrN3O2. The van der Waals surface area contributed by atoms with E-state index in [0.717, 1.165) is 42.5 Å². The molecule has 1 unspecified atom stereocenters. The first-order chi connectivity index (χ1) is 9.65. The van der Waals surface area contributed by atoms with Gasteiger partial charge in [-0.25, -0.2) is 0 Å². The highest BCUT2D eigenvalue weighted by molar-refractivity contribution is 9.10. The van der Waals surface area contributed by atoms with Gasteiger partial charge in [0.25, 0.3) is 5.69 Å². The smallest absolute Gasteiger partial charge is 0.293 e. The second-order valence-electron chi connectivity index (χ2n) is 5.57. The van der Waals surface area contributed by atoms with E-state index in [9.17, 15) is 10.1 Å². The lowest BCUT2D eigenvalue weighted by atomic mass is 10.1. The summed E-state index contributed by atoms with van der Waals surface area (Å²) in [6, 6.07) is 6.29. The van der Waals surface area contributed by atoms with Crippen LogP contribution in [0.3, 0.4) is 0 Å². The molecular weight excluding hydrogens is 322 g/mol. The summed E-state index contributed by atoms with van der Waals surface area (Å²) in [5.74, 6) is 0. The summed E-state index contributed by atoms with van der Waals surface area (Å²) in [6.45, 7) is 1.93. The molecule has 20 heavy (non-hydrogen) atoms. The van der Waals surface area contributed by atoms with E-state index < -0.39 is 0 Å². The molecule has 2 fully saturated rings. The SMILES string of the molecule is O=[N+]([O-])c1cc(Br)ccc1N(CC1CCCN1)C1CC1. The van der Waals surface area contributed by atoms with Crippen molar-refractivity contribution in [2.45, 2.75) is 37.8 Å². The molecule has 1 atom stereocenters. The van der Waals surface area contributed by atoms with E-state index in [4.69, 9.17) is 0 Å². The second kappa shape index (κ2) is 5.69. The van der Waals surface area contributed by atoms with Crippen LogP contribution in [0.1, 0.15) is 25.7 Å². The van der Waals surface area contributed by atoms with Crippen LogP contribution in [0.4, 0.5) is 11.4 Å². The number of hydrogen-bond acceptors (Lipinski definition) is 4. The molecule has 6 heteroatoms. The van der Waals surface area contributed by atoms with E-state index in [1.807, 2.05) is 12.1 Å². The first-order valence-corrected chi connectivity index (χ1v) is 7.88.